The van der Waals surface area contributed by atoms with E-state index in [2.05, 4.69) is 50.4 Å². The summed E-state index contributed by atoms with van der Waals surface area (Å²) in [6.07, 6.45) is 4.80. The molecule has 0 radical (unpaired) electrons. The molecule has 0 atom stereocenters. The molecule has 0 aromatic heterocycles. The fraction of sp³-hybridized carbons (Fsp3) is 0.625. The Balaban J connectivity index is 1.94. The van der Waals surface area contributed by atoms with Gasteiger partial charge in [0.2, 0.25) is 0 Å². The predicted octanol–water partition coefficient (Wildman–Crippen LogP) is 3.68. The molecule has 1 aromatic carbocycles. The molecule has 1 aliphatic rings. The van der Waals surface area contributed by atoms with Crippen LogP contribution in [0.4, 0.5) is 0 Å². The monoisotopic (exact) mass is 247 g/mol. The van der Waals surface area contributed by atoms with E-state index in [1.54, 1.807) is 0 Å². The van der Waals surface area contributed by atoms with Crippen LogP contribution in [0.5, 0.6) is 5.75 Å². The number of ether oxygens (including phenoxy) is 1. The maximum Gasteiger partial charge on any atom is 0.123 e. The van der Waals surface area contributed by atoms with Crippen molar-refractivity contribution < 1.29 is 4.74 Å². The average Bonchev–Trinajstić information content (AvgIpc) is 2.28. The van der Waals surface area contributed by atoms with E-state index in [1.165, 1.54) is 24.8 Å². The van der Waals surface area contributed by atoms with Crippen LogP contribution in [0.25, 0.3) is 0 Å². The second-order valence-corrected chi connectivity index (χ2v) is 5.76. The molecule has 100 valence electrons. The van der Waals surface area contributed by atoms with Crippen molar-refractivity contribution in [1.82, 2.24) is 5.32 Å². The van der Waals surface area contributed by atoms with Gasteiger partial charge in [-0.25, -0.2) is 0 Å². The molecule has 0 unspecified atom stereocenters. The van der Waals surface area contributed by atoms with Crippen LogP contribution < -0.4 is 10.1 Å². The van der Waals surface area contributed by atoms with Crippen LogP contribution in [0.15, 0.2) is 24.3 Å². The van der Waals surface area contributed by atoms with Crippen molar-refractivity contribution in [3.63, 3.8) is 0 Å². The van der Waals surface area contributed by atoms with Crippen LogP contribution in [0, 0.1) is 6.92 Å². The van der Waals surface area contributed by atoms with Crippen molar-refractivity contribution in [2.45, 2.75) is 58.1 Å². The van der Waals surface area contributed by atoms with E-state index in [9.17, 15) is 0 Å². The molecule has 0 heterocycles. The molecule has 0 spiro atoms. The highest BCUT2D eigenvalue weighted by atomic mass is 16.5. The minimum absolute atomic E-state index is 0.0913. The van der Waals surface area contributed by atoms with Gasteiger partial charge in [0.15, 0.2) is 0 Å². The molecule has 1 N–H and O–H groups in total. The number of benzene rings is 1. The Bertz CT molecular complexity index is 382. The Morgan fingerprint density at radius 1 is 1.28 bits per heavy atom. The van der Waals surface area contributed by atoms with Crippen molar-refractivity contribution >= 4 is 0 Å². The summed E-state index contributed by atoms with van der Waals surface area (Å²) in [7, 11) is 0. The third kappa shape index (κ3) is 3.26. The van der Waals surface area contributed by atoms with Crippen molar-refractivity contribution in [3.05, 3.63) is 29.8 Å². The zero-order valence-corrected chi connectivity index (χ0v) is 11.8. The Kier molecular flexibility index (Phi) is 4.28. The Morgan fingerprint density at radius 2 is 2.00 bits per heavy atom. The largest absolute Gasteiger partial charge is 0.487 e. The third-order valence-corrected chi connectivity index (χ3v) is 3.82. The molecule has 1 aromatic rings. The van der Waals surface area contributed by atoms with Gasteiger partial charge in [0.25, 0.3) is 0 Å². The highest BCUT2D eigenvalue weighted by Crippen LogP contribution is 2.39. The third-order valence-electron chi connectivity index (χ3n) is 3.82. The first-order valence-corrected chi connectivity index (χ1v) is 7.09. The molecule has 0 amide bonds. The predicted molar refractivity (Wildman–Crippen MR) is 76.1 cm³/mol. The number of hydrogen-bond acceptors (Lipinski definition) is 2. The van der Waals surface area contributed by atoms with Gasteiger partial charge in [-0.05, 0) is 50.8 Å². The molecule has 1 saturated carbocycles. The van der Waals surface area contributed by atoms with Gasteiger partial charge in [-0.15, -0.1) is 0 Å². The fourth-order valence-corrected chi connectivity index (χ4v) is 2.47. The first kappa shape index (κ1) is 13.4. The molecule has 1 aliphatic carbocycles. The van der Waals surface area contributed by atoms with Gasteiger partial charge in [-0.2, -0.15) is 0 Å². The van der Waals surface area contributed by atoms with Crippen molar-refractivity contribution in [2.24, 2.45) is 0 Å². The summed E-state index contributed by atoms with van der Waals surface area (Å²) >= 11 is 0. The van der Waals surface area contributed by atoms with E-state index in [0.717, 1.165) is 18.7 Å². The lowest BCUT2D eigenvalue weighted by molar-refractivity contribution is -0.0150. The van der Waals surface area contributed by atoms with Gasteiger partial charge in [0.05, 0.1) is 0 Å². The second kappa shape index (κ2) is 5.75. The number of aryl methyl sites for hydroxylation is 1. The van der Waals surface area contributed by atoms with Gasteiger partial charge in [-0.3, -0.25) is 0 Å². The lowest BCUT2D eigenvalue weighted by Crippen LogP contribution is -2.46. The Morgan fingerprint density at radius 3 is 2.56 bits per heavy atom. The SMILES string of the molecule is Cc1ccccc1OC1(CCNC(C)C)CCC1. The smallest absolute Gasteiger partial charge is 0.123 e. The van der Waals surface area contributed by atoms with Crippen LogP contribution in [0.3, 0.4) is 0 Å². The zero-order chi connectivity index (χ0) is 13.0. The molecule has 2 nitrogen and oxygen atoms in total. The van der Waals surface area contributed by atoms with Crippen LogP contribution in [0.1, 0.15) is 45.1 Å². The fourth-order valence-electron chi connectivity index (χ4n) is 2.47. The second-order valence-electron chi connectivity index (χ2n) is 5.76. The Labute approximate surface area is 111 Å². The lowest BCUT2D eigenvalue weighted by atomic mass is 9.77. The van der Waals surface area contributed by atoms with Crippen molar-refractivity contribution in [2.75, 3.05) is 6.54 Å². The summed E-state index contributed by atoms with van der Waals surface area (Å²) in [5, 5.41) is 3.49. The number of hydrogen-bond donors (Lipinski definition) is 1. The van der Waals surface area contributed by atoms with Gasteiger partial charge in [-0.1, -0.05) is 32.0 Å². The highest BCUT2D eigenvalue weighted by molar-refractivity contribution is 5.32. The molecule has 2 rings (SSSR count). The first-order valence-electron chi connectivity index (χ1n) is 7.09. The summed E-state index contributed by atoms with van der Waals surface area (Å²) in [5.41, 5.74) is 1.33. The van der Waals surface area contributed by atoms with E-state index < -0.39 is 0 Å². The number of para-hydroxylation sites is 1. The van der Waals surface area contributed by atoms with Crippen LogP contribution in [-0.2, 0) is 0 Å². The number of nitrogens with one attached hydrogen (secondary N) is 1. The molecule has 0 saturated heterocycles. The quantitative estimate of drug-likeness (QED) is 0.828. The van der Waals surface area contributed by atoms with Gasteiger partial charge < -0.3 is 10.1 Å². The van der Waals surface area contributed by atoms with Crippen LogP contribution in [-0.4, -0.2) is 18.2 Å². The first-order chi connectivity index (χ1) is 8.61. The molecular formula is C16H25NO. The van der Waals surface area contributed by atoms with E-state index in [4.69, 9.17) is 4.74 Å². The summed E-state index contributed by atoms with van der Waals surface area (Å²) < 4.78 is 6.31. The van der Waals surface area contributed by atoms with Crippen LogP contribution in [0.2, 0.25) is 0 Å². The lowest BCUT2D eigenvalue weighted by Gasteiger charge is -2.42. The molecule has 18 heavy (non-hydrogen) atoms. The summed E-state index contributed by atoms with van der Waals surface area (Å²) in [6.45, 7) is 7.54. The average molecular weight is 247 g/mol. The minimum Gasteiger partial charge on any atom is -0.487 e. The minimum atomic E-state index is 0.0913. The molecule has 2 heteroatoms. The molecule has 0 aliphatic heterocycles. The van der Waals surface area contributed by atoms with Gasteiger partial charge >= 0.3 is 0 Å². The van der Waals surface area contributed by atoms with E-state index in [1.807, 2.05) is 0 Å². The van der Waals surface area contributed by atoms with E-state index in [-0.39, 0.29) is 5.60 Å². The number of rotatable bonds is 6. The molecule has 0 bridgehead atoms. The normalized spacial score (nSPS) is 17.6. The van der Waals surface area contributed by atoms with Crippen LogP contribution >= 0.6 is 0 Å². The topological polar surface area (TPSA) is 21.3 Å². The van der Waals surface area contributed by atoms with Crippen molar-refractivity contribution in [1.29, 1.82) is 0 Å². The summed E-state index contributed by atoms with van der Waals surface area (Å²) in [6, 6.07) is 8.89. The standard InChI is InChI=1S/C16H25NO/c1-13(2)17-12-11-16(9-6-10-16)18-15-8-5-4-7-14(15)3/h4-5,7-8,13,17H,6,9-12H2,1-3H3. The highest BCUT2D eigenvalue weighted by Gasteiger charge is 2.39. The van der Waals surface area contributed by atoms with Gasteiger partial charge in [0.1, 0.15) is 11.4 Å². The summed E-state index contributed by atoms with van der Waals surface area (Å²) in [4.78, 5) is 0. The van der Waals surface area contributed by atoms with Gasteiger partial charge in [0, 0.05) is 6.04 Å². The zero-order valence-electron chi connectivity index (χ0n) is 11.8. The van der Waals surface area contributed by atoms with E-state index >= 15 is 0 Å². The summed E-state index contributed by atoms with van der Waals surface area (Å²) in [5.74, 6) is 1.06. The Hall–Kier alpha value is -1.02. The molecule has 1 fully saturated rings. The maximum atomic E-state index is 6.31. The maximum absolute atomic E-state index is 6.31. The van der Waals surface area contributed by atoms with Crippen molar-refractivity contribution in [3.8, 4) is 5.75 Å². The van der Waals surface area contributed by atoms with E-state index in [0.29, 0.717) is 6.04 Å². The molecular weight excluding hydrogens is 222 g/mol.